The third kappa shape index (κ3) is 2.27. The maximum Gasteiger partial charge on any atom is 0.324 e. The van der Waals surface area contributed by atoms with Gasteiger partial charge in [0.15, 0.2) is 11.5 Å². The number of nitrogens with zero attached hydrogens (tertiary/aromatic N) is 3. The Labute approximate surface area is 92.3 Å². The fourth-order valence-corrected chi connectivity index (χ4v) is 1.18. The third-order valence-corrected chi connectivity index (χ3v) is 2.03. The van der Waals surface area contributed by atoms with E-state index in [0.29, 0.717) is 0 Å². The molecule has 0 spiro atoms. The maximum absolute atomic E-state index is 12.7. The molecule has 2 aromatic heterocycles. The van der Waals surface area contributed by atoms with Crippen LogP contribution in [0.4, 0.5) is 23.4 Å². The molecule has 5 nitrogen and oxygen atoms in total. The summed E-state index contributed by atoms with van der Waals surface area (Å²) >= 11 is 0. The summed E-state index contributed by atoms with van der Waals surface area (Å²) in [6.45, 7) is -1.21. The number of H-pyrrole nitrogens is 1. The Hall–Kier alpha value is -1.93. The molecule has 0 aromatic carbocycles. The number of aromatic nitrogens is 4. The fourth-order valence-electron chi connectivity index (χ4n) is 1.18. The van der Waals surface area contributed by atoms with E-state index in [0.717, 1.165) is 6.33 Å². The molecule has 0 bridgehead atoms. The normalized spacial score (nSPS) is 12.3. The molecule has 0 unspecified atom stereocenters. The lowest BCUT2D eigenvalue weighted by Crippen LogP contribution is -2.35. The smallest absolute Gasteiger partial charge is 0.324 e. The van der Waals surface area contributed by atoms with Crippen LogP contribution in [0.15, 0.2) is 12.7 Å². The predicted molar refractivity (Wildman–Crippen MR) is 51.1 cm³/mol. The SMILES string of the molecule is FC(F)C(F)(F)CNc1ncnc2nc[nH]c12. The summed E-state index contributed by atoms with van der Waals surface area (Å²) in [7, 11) is 0. The zero-order valence-electron chi connectivity index (χ0n) is 8.29. The first-order valence-corrected chi connectivity index (χ1v) is 4.54. The minimum atomic E-state index is -4.11. The number of alkyl halides is 4. The molecular weight excluding hydrogens is 242 g/mol. The number of rotatable bonds is 4. The first-order chi connectivity index (χ1) is 8.00. The summed E-state index contributed by atoms with van der Waals surface area (Å²) in [5, 5.41) is 2.14. The van der Waals surface area contributed by atoms with Crippen LogP contribution in [-0.2, 0) is 0 Å². The monoisotopic (exact) mass is 249 g/mol. The topological polar surface area (TPSA) is 66.5 Å². The molecule has 0 radical (unpaired) electrons. The standard InChI is InChI=1S/C8H7F4N5/c9-7(10)8(11,12)1-13-5-4-6(15-2-14-4)17-3-16-5/h2-3,7H,1H2,(H2,13,14,15,16,17). The van der Waals surface area contributed by atoms with Crippen molar-refractivity contribution in [2.75, 3.05) is 11.9 Å². The van der Waals surface area contributed by atoms with E-state index in [1.54, 1.807) is 0 Å². The van der Waals surface area contributed by atoms with Crippen LogP contribution in [0.3, 0.4) is 0 Å². The molecule has 2 heterocycles. The predicted octanol–water partition coefficient (Wildman–Crippen LogP) is 1.67. The van der Waals surface area contributed by atoms with E-state index in [1.165, 1.54) is 6.33 Å². The van der Waals surface area contributed by atoms with Crippen LogP contribution in [0, 0.1) is 0 Å². The second-order valence-corrected chi connectivity index (χ2v) is 3.24. The zero-order valence-corrected chi connectivity index (χ0v) is 8.29. The van der Waals surface area contributed by atoms with Crippen LogP contribution in [0.2, 0.25) is 0 Å². The highest BCUT2D eigenvalue weighted by Crippen LogP contribution is 2.24. The van der Waals surface area contributed by atoms with Crippen molar-refractivity contribution in [1.82, 2.24) is 19.9 Å². The van der Waals surface area contributed by atoms with Gasteiger partial charge < -0.3 is 10.3 Å². The third-order valence-electron chi connectivity index (χ3n) is 2.03. The molecule has 0 atom stereocenters. The summed E-state index contributed by atoms with van der Waals surface area (Å²) in [5.74, 6) is -4.11. The molecule has 92 valence electrons. The Bertz CT molecular complexity index is 511. The zero-order chi connectivity index (χ0) is 12.5. The summed E-state index contributed by atoms with van der Waals surface area (Å²) in [4.78, 5) is 13.8. The van der Waals surface area contributed by atoms with Crippen molar-refractivity contribution in [2.24, 2.45) is 0 Å². The lowest BCUT2D eigenvalue weighted by Gasteiger charge is -2.15. The van der Waals surface area contributed by atoms with Crippen molar-refractivity contribution in [2.45, 2.75) is 12.3 Å². The molecule has 17 heavy (non-hydrogen) atoms. The molecule has 0 saturated heterocycles. The van der Waals surface area contributed by atoms with Gasteiger partial charge in [-0.25, -0.2) is 23.7 Å². The molecule has 2 aromatic rings. The molecule has 0 aliphatic rings. The van der Waals surface area contributed by atoms with Gasteiger partial charge in [-0.3, -0.25) is 0 Å². The van der Waals surface area contributed by atoms with Crippen LogP contribution < -0.4 is 5.32 Å². The quantitative estimate of drug-likeness (QED) is 0.809. The Morgan fingerprint density at radius 2 is 2.06 bits per heavy atom. The van der Waals surface area contributed by atoms with Crippen LogP contribution in [0.25, 0.3) is 11.2 Å². The Morgan fingerprint density at radius 3 is 2.76 bits per heavy atom. The Balaban J connectivity index is 2.17. The largest absolute Gasteiger partial charge is 0.362 e. The molecule has 0 aliphatic carbocycles. The second-order valence-electron chi connectivity index (χ2n) is 3.24. The van der Waals surface area contributed by atoms with Crippen molar-refractivity contribution in [3.05, 3.63) is 12.7 Å². The summed E-state index contributed by atoms with van der Waals surface area (Å²) < 4.78 is 49.2. The molecule has 0 saturated carbocycles. The van der Waals surface area contributed by atoms with Crippen LogP contribution in [-0.4, -0.2) is 38.8 Å². The summed E-state index contributed by atoms with van der Waals surface area (Å²) in [5.41, 5.74) is 0.556. The molecular formula is C8H7F4N5. The fraction of sp³-hybridized carbons (Fsp3) is 0.375. The highest BCUT2D eigenvalue weighted by molar-refractivity contribution is 5.81. The summed E-state index contributed by atoms with van der Waals surface area (Å²) in [6, 6.07) is 0. The lowest BCUT2D eigenvalue weighted by atomic mass is 10.3. The van der Waals surface area contributed by atoms with E-state index < -0.39 is 18.9 Å². The minimum Gasteiger partial charge on any atom is -0.362 e. The number of halogens is 4. The summed E-state index contributed by atoms with van der Waals surface area (Å²) in [6.07, 6.45) is -1.32. The van der Waals surface area contributed by atoms with Gasteiger partial charge in [-0.05, 0) is 0 Å². The van der Waals surface area contributed by atoms with Crippen molar-refractivity contribution in [3.63, 3.8) is 0 Å². The number of anilines is 1. The molecule has 0 fully saturated rings. The van der Waals surface area contributed by atoms with E-state index in [1.807, 2.05) is 0 Å². The van der Waals surface area contributed by atoms with Gasteiger partial charge in [-0.15, -0.1) is 0 Å². The average Bonchev–Trinajstić information content (AvgIpc) is 2.74. The van der Waals surface area contributed by atoms with Gasteiger partial charge in [0.25, 0.3) is 0 Å². The molecule has 9 heteroatoms. The molecule has 0 aliphatic heterocycles. The van der Waals surface area contributed by atoms with Gasteiger partial charge in [0.1, 0.15) is 11.8 Å². The lowest BCUT2D eigenvalue weighted by molar-refractivity contribution is -0.117. The van der Waals surface area contributed by atoms with Crippen molar-refractivity contribution >= 4 is 17.0 Å². The second kappa shape index (κ2) is 4.15. The van der Waals surface area contributed by atoms with Crippen molar-refractivity contribution < 1.29 is 17.6 Å². The number of imidazole rings is 1. The van der Waals surface area contributed by atoms with E-state index in [-0.39, 0.29) is 17.0 Å². The van der Waals surface area contributed by atoms with Gasteiger partial charge in [-0.2, -0.15) is 8.78 Å². The van der Waals surface area contributed by atoms with E-state index in [2.05, 4.69) is 25.3 Å². The van der Waals surface area contributed by atoms with Crippen molar-refractivity contribution in [3.8, 4) is 0 Å². The van der Waals surface area contributed by atoms with Gasteiger partial charge in [-0.1, -0.05) is 0 Å². The van der Waals surface area contributed by atoms with E-state index >= 15 is 0 Å². The van der Waals surface area contributed by atoms with E-state index in [4.69, 9.17) is 0 Å². The van der Waals surface area contributed by atoms with Gasteiger partial charge in [0.05, 0.1) is 12.9 Å². The van der Waals surface area contributed by atoms with Crippen molar-refractivity contribution in [1.29, 1.82) is 0 Å². The van der Waals surface area contributed by atoms with Crippen LogP contribution >= 0.6 is 0 Å². The number of fused-ring (bicyclic) bond motifs is 1. The van der Waals surface area contributed by atoms with Gasteiger partial charge in [0.2, 0.25) is 0 Å². The Morgan fingerprint density at radius 1 is 1.29 bits per heavy atom. The minimum absolute atomic E-state index is 0.00725. The van der Waals surface area contributed by atoms with Gasteiger partial charge >= 0.3 is 12.3 Å². The number of hydrogen-bond donors (Lipinski definition) is 2. The number of nitrogens with one attached hydrogen (secondary N) is 2. The maximum atomic E-state index is 12.7. The number of aromatic amines is 1. The van der Waals surface area contributed by atoms with Gasteiger partial charge in [0, 0.05) is 0 Å². The highest BCUT2D eigenvalue weighted by atomic mass is 19.3. The average molecular weight is 249 g/mol. The molecule has 2 N–H and O–H groups in total. The van der Waals surface area contributed by atoms with E-state index in [9.17, 15) is 17.6 Å². The highest BCUT2D eigenvalue weighted by Gasteiger charge is 2.40. The van der Waals surface area contributed by atoms with Crippen LogP contribution in [0.5, 0.6) is 0 Å². The Kier molecular flexibility index (Phi) is 2.82. The number of hydrogen-bond acceptors (Lipinski definition) is 4. The first kappa shape index (κ1) is 11.6. The molecule has 0 amide bonds. The molecule has 2 rings (SSSR count). The first-order valence-electron chi connectivity index (χ1n) is 4.54. The van der Waals surface area contributed by atoms with Crippen LogP contribution in [0.1, 0.15) is 0 Å².